The monoisotopic (exact) mass is 244 g/mol. The van der Waals surface area contributed by atoms with E-state index in [4.69, 9.17) is 10.5 Å². The lowest BCUT2D eigenvalue weighted by atomic mass is 10.0. The van der Waals surface area contributed by atoms with Crippen molar-refractivity contribution in [3.05, 3.63) is 52.6 Å². The van der Waals surface area contributed by atoms with Crippen molar-refractivity contribution in [1.82, 2.24) is 0 Å². The van der Waals surface area contributed by atoms with E-state index in [1.54, 1.807) is 37.4 Å². The van der Waals surface area contributed by atoms with Crippen molar-refractivity contribution < 1.29 is 9.66 Å². The molecule has 0 saturated carbocycles. The number of nitro benzene ring substituents is 1. The normalized spacial score (nSPS) is 10.1. The third-order valence-electron chi connectivity index (χ3n) is 2.63. The molecule has 0 aromatic heterocycles. The number of rotatable bonds is 3. The highest BCUT2D eigenvalue weighted by atomic mass is 16.6. The van der Waals surface area contributed by atoms with Gasteiger partial charge >= 0.3 is 0 Å². The van der Waals surface area contributed by atoms with Gasteiger partial charge in [-0.2, -0.15) is 0 Å². The number of nitrogen functional groups attached to an aromatic ring is 1. The van der Waals surface area contributed by atoms with Crippen LogP contribution < -0.4 is 10.5 Å². The number of nitrogens with two attached hydrogens (primary N) is 1. The van der Waals surface area contributed by atoms with E-state index >= 15 is 0 Å². The van der Waals surface area contributed by atoms with Gasteiger partial charge in [-0.1, -0.05) is 12.1 Å². The van der Waals surface area contributed by atoms with Crippen molar-refractivity contribution >= 4 is 11.4 Å². The number of hydrogen-bond donors (Lipinski definition) is 1. The Morgan fingerprint density at radius 3 is 2.67 bits per heavy atom. The van der Waals surface area contributed by atoms with Crippen LogP contribution in [0.5, 0.6) is 5.75 Å². The van der Waals surface area contributed by atoms with E-state index in [9.17, 15) is 10.1 Å². The molecule has 2 rings (SSSR count). The molecule has 2 aromatic rings. The summed E-state index contributed by atoms with van der Waals surface area (Å²) in [5, 5.41) is 10.7. The summed E-state index contributed by atoms with van der Waals surface area (Å²) in [4.78, 5) is 10.3. The van der Waals surface area contributed by atoms with Gasteiger partial charge in [-0.3, -0.25) is 10.1 Å². The number of methoxy groups -OCH3 is 1. The van der Waals surface area contributed by atoms with Crippen LogP contribution in [0, 0.1) is 10.1 Å². The number of nitro groups is 1. The second kappa shape index (κ2) is 4.75. The first-order chi connectivity index (χ1) is 8.61. The average molecular weight is 244 g/mol. The molecule has 0 saturated heterocycles. The number of ether oxygens (including phenoxy) is 1. The molecule has 5 heteroatoms. The van der Waals surface area contributed by atoms with Crippen LogP contribution in [0.4, 0.5) is 11.4 Å². The maximum absolute atomic E-state index is 10.7. The van der Waals surface area contributed by atoms with E-state index in [0.29, 0.717) is 17.0 Å². The van der Waals surface area contributed by atoms with Crippen LogP contribution in [0.1, 0.15) is 0 Å². The number of hydrogen-bond acceptors (Lipinski definition) is 4. The minimum absolute atomic E-state index is 0.0368. The minimum atomic E-state index is -0.431. The van der Waals surface area contributed by atoms with E-state index < -0.39 is 4.92 Å². The van der Waals surface area contributed by atoms with E-state index in [1.165, 1.54) is 12.1 Å². The van der Waals surface area contributed by atoms with Gasteiger partial charge in [0.05, 0.1) is 12.0 Å². The highest BCUT2D eigenvalue weighted by molar-refractivity contribution is 5.78. The molecular weight excluding hydrogens is 232 g/mol. The molecule has 0 bridgehead atoms. The van der Waals surface area contributed by atoms with Gasteiger partial charge in [0.1, 0.15) is 5.75 Å². The number of non-ortho nitro benzene ring substituents is 1. The molecule has 0 aliphatic rings. The van der Waals surface area contributed by atoms with Gasteiger partial charge in [0.25, 0.3) is 5.69 Å². The zero-order valence-corrected chi connectivity index (χ0v) is 9.79. The van der Waals surface area contributed by atoms with Crippen LogP contribution in [-0.4, -0.2) is 12.0 Å². The molecule has 0 amide bonds. The minimum Gasteiger partial charge on any atom is -0.497 e. The predicted octanol–water partition coefficient (Wildman–Crippen LogP) is 2.85. The average Bonchev–Trinajstić information content (AvgIpc) is 2.39. The standard InChI is InChI=1S/C13H12N2O3/c1-18-11-5-6-13(14)12(8-11)9-3-2-4-10(7-9)15(16)17/h2-8H,14H2,1H3. The van der Waals surface area contributed by atoms with Crippen molar-refractivity contribution in [2.75, 3.05) is 12.8 Å². The van der Waals surface area contributed by atoms with Crippen molar-refractivity contribution in [3.63, 3.8) is 0 Å². The SMILES string of the molecule is COc1ccc(N)c(-c2cccc([N+](=O)[O-])c2)c1. The summed E-state index contributed by atoms with van der Waals surface area (Å²) in [5.41, 5.74) is 7.88. The van der Waals surface area contributed by atoms with E-state index in [0.717, 1.165) is 5.56 Å². The number of nitrogens with zero attached hydrogens (tertiary/aromatic N) is 1. The van der Waals surface area contributed by atoms with Crippen molar-refractivity contribution in [1.29, 1.82) is 0 Å². The maximum atomic E-state index is 10.7. The maximum Gasteiger partial charge on any atom is 0.270 e. The van der Waals surface area contributed by atoms with Gasteiger partial charge in [0.2, 0.25) is 0 Å². The van der Waals surface area contributed by atoms with Crippen molar-refractivity contribution in [3.8, 4) is 16.9 Å². The van der Waals surface area contributed by atoms with Crippen LogP contribution in [0.25, 0.3) is 11.1 Å². The second-order valence-corrected chi connectivity index (χ2v) is 3.76. The summed E-state index contributed by atoms with van der Waals surface area (Å²) in [6.45, 7) is 0. The molecule has 92 valence electrons. The summed E-state index contributed by atoms with van der Waals surface area (Å²) in [5.74, 6) is 0.658. The smallest absolute Gasteiger partial charge is 0.270 e. The Morgan fingerprint density at radius 2 is 2.00 bits per heavy atom. The fourth-order valence-electron chi connectivity index (χ4n) is 1.70. The lowest BCUT2D eigenvalue weighted by molar-refractivity contribution is -0.384. The Balaban J connectivity index is 2.54. The van der Waals surface area contributed by atoms with E-state index in [2.05, 4.69) is 0 Å². The molecule has 18 heavy (non-hydrogen) atoms. The molecule has 0 unspecified atom stereocenters. The van der Waals surface area contributed by atoms with Crippen molar-refractivity contribution in [2.45, 2.75) is 0 Å². The van der Waals surface area contributed by atoms with E-state index in [-0.39, 0.29) is 5.69 Å². The van der Waals surface area contributed by atoms with Crippen LogP contribution in [0.2, 0.25) is 0 Å². The summed E-state index contributed by atoms with van der Waals surface area (Å²) in [7, 11) is 1.56. The lowest BCUT2D eigenvalue weighted by Crippen LogP contribution is -1.93. The zero-order chi connectivity index (χ0) is 13.1. The number of benzene rings is 2. The first-order valence-electron chi connectivity index (χ1n) is 5.30. The van der Waals surface area contributed by atoms with Crippen LogP contribution in [0.15, 0.2) is 42.5 Å². The summed E-state index contributed by atoms with van der Waals surface area (Å²) < 4.78 is 5.12. The third kappa shape index (κ3) is 2.24. The van der Waals surface area contributed by atoms with Gasteiger partial charge in [-0.25, -0.2) is 0 Å². The molecular formula is C13H12N2O3. The summed E-state index contributed by atoms with van der Waals surface area (Å²) in [6.07, 6.45) is 0. The fraction of sp³-hybridized carbons (Fsp3) is 0.0769. The summed E-state index contributed by atoms with van der Waals surface area (Å²) in [6, 6.07) is 11.6. The van der Waals surface area contributed by atoms with E-state index in [1.807, 2.05) is 0 Å². The first kappa shape index (κ1) is 11.9. The van der Waals surface area contributed by atoms with Gasteiger partial charge in [0.15, 0.2) is 0 Å². The molecule has 0 atom stereocenters. The summed E-state index contributed by atoms with van der Waals surface area (Å²) >= 11 is 0. The molecule has 0 fully saturated rings. The van der Waals surface area contributed by atoms with Crippen LogP contribution in [-0.2, 0) is 0 Å². The van der Waals surface area contributed by atoms with Gasteiger partial charge in [-0.15, -0.1) is 0 Å². The largest absolute Gasteiger partial charge is 0.497 e. The molecule has 0 heterocycles. The van der Waals surface area contributed by atoms with Gasteiger partial charge in [-0.05, 0) is 23.8 Å². The molecule has 5 nitrogen and oxygen atoms in total. The Hall–Kier alpha value is -2.56. The molecule has 0 spiro atoms. The zero-order valence-electron chi connectivity index (χ0n) is 9.79. The number of anilines is 1. The van der Waals surface area contributed by atoms with Gasteiger partial charge < -0.3 is 10.5 Å². The second-order valence-electron chi connectivity index (χ2n) is 3.76. The highest BCUT2D eigenvalue weighted by Gasteiger charge is 2.09. The first-order valence-corrected chi connectivity index (χ1v) is 5.30. The van der Waals surface area contributed by atoms with Crippen LogP contribution in [0.3, 0.4) is 0 Å². The van der Waals surface area contributed by atoms with Crippen molar-refractivity contribution in [2.24, 2.45) is 0 Å². The van der Waals surface area contributed by atoms with Gasteiger partial charge in [0, 0.05) is 23.4 Å². The Kier molecular flexibility index (Phi) is 3.14. The molecule has 2 N–H and O–H groups in total. The molecule has 2 aromatic carbocycles. The fourth-order valence-corrected chi connectivity index (χ4v) is 1.70. The van der Waals surface area contributed by atoms with Crippen LogP contribution >= 0.6 is 0 Å². The topological polar surface area (TPSA) is 78.4 Å². The quantitative estimate of drug-likeness (QED) is 0.511. The Labute approximate surface area is 104 Å². The lowest BCUT2D eigenvalue weighted by Gasteiger charge is -2.08. The third-order valence-corrected chi connectivity index (χ3v) is 2.63. The predicted molar refractivity (Wildman–Crippen MR) is 69.5 cm³/mol. The molecule has 0 aliphatic heterocycles. The Bertz CT molecular complexity index is 597. The molecule has 0 aliphatic carbocycles. The highest BCUT2D eigenvalue weighted by Crippen LogP contribution is 2.31. The Morgan fingerprint density at radius 1 is 1.22 bits per heavy atom. The molecule has 0 radical (unpaired) electrons.